The summed E-state index contributed by atoms with van der Waals surface area (Å²) in [6.45, 7) is 0. The third-order valence-electron chi connectivity index (χ3n) is 12.4. The Labute approximate surface area is 364 Å². The summed E-state index contributed by atoms with van der Waals surface area (Å²) in [5.41, 5.74) is 14.9. The molecule has 0 bridgehead atoms. The van der Waals surface area contributed by atoms with Gasteiger partial charge in [-0.15, -0.1) is 11.3 Å². The van der Waals surface area contributed by atoms with E-state index in [4.69, 9.17) is 15.0 Å². The molecule has 0 saturated carbocycles. The highest BCUT2D eigenvalue weighted by Gasteiger charge is 2.46. The van der Waals surface area contributed by atoms with E-state index in [9.17, 15) is 0 Å². The fraction of sp³-hybridized carbons (Fsp3) is 0.0172. The van der Waals surface area contributed by atoms with E-state index >= 15 is 0 Å². The van der Waals surface area contributed by atoms with Crippen LogP contribution in [0.2, 0.25) is 0 Å². The second-order valence-corrected chi connectivity index (χ2v) is 17.0. The van der Waals surface area contributed by atoms with Crippen molar-refractivity contribution in [1.29, 1.82) is 0 Å². The Hall–Kier alpha value is -7.79. The lowest BCUT2D eigenvalue weighted by Crippen LogP contribution is -2.28. The van der Waals surface area contributed by atoms with E-state index in [1.165, 1.54) is 64.7 Å². The van der Waals surface area contributed by atoms with E-state index in [-0.39, 0.29) is 0 Å². The van der Waals surface area contributed by atoms with Crippen molar-refractivity contribution in [2.75, 3.05) is 0 Å². The van der Waals surface area contributed by atoms with Crippen LogP contribution in [0.1, 0.15) is 22.3 Å². The van der Waals surface area contributed by atoms with Crippen LogP contribution in [0.25, 0.3) is 87.7 Å². The van der Waals surface area contributed by atoms with Crippen LogP contribution < -0.4 is 0 Å². The summed E-state index contributed by atoms with van der Waals surface area (Å²) in [6, 6.07) is 80.7. The van der Waals surface area contributed by atoms with Crippen LogP contribution >= 0.6 is 11.3 Å². The molecule has 11 aromatic rings. The van der Waals surface area contributed by atoms with Crippen molar-refractivity contribution >= 4 is 31.5 Å². The number of aromatic nitrogens is 3. The maximum absolute atomic E-state index is 4.99. The number of thiophene rings is 1. The Morgan fingerprint density at radius 1 is 0.290 bits per heavy atom. The average Bonchev–Trinajstić information content (AvgIpc) is 3.88. The van der Waals surface area contributed by atoms with Gasteiger partial charge in [-0.05, 0) is 79.9 Å². The van der Waals surface area contributed by atoms with E-state index in [1.54, 1.807) is 0 Å². The largest absolute Gasteiger partial charge is 0.208 e. The van der Waals surface area contributed by atoms with Gasteiger partial charge < -0.3 is 0 Å². The summed E-state index contributed by atoms with van der Waals surface area (Å²) in [4.78, 5) is 14.9. The number of hydrogen-bond acceptors (Lipinski definition) is 4. The summed E-state index contributed by atoms with van der Waals surface area (Å²) >= 11 is 1.88. The molecule has 0 radical (unpaired) electrons. The topological polar surface area (TPSA) is 38.7 Å². The number of benzene rings is 9. The number of fused-ring (bicyclic) bond motifs is 6. The fourth-order valence-corrected chi connectivity index (χ4v) is 10.7. The van der Waals surface area contributed by atoms with Crippen LogP contribution in [0.4, 0.5) is 0 Å². The maximum Gasteiger partial charge on any atom is 0.164 e. The van der Waals surface area contributed by atoms with Crippen molar-refractivity contribution in [3.63, 3.8) is 0 Å². The Morgan fingerprint density at radius 2 is 0.710 bits per heavy atom. The minimum absolute atomic E-state index is 0.417. The lowest BCUT2D eigenvalue weighted by atomic mass is 9.67. The zero-order valence-corrected chi connectivity index (χ0v) is 34.4. The van der Waals surface area contributed by atoms with E-state index in [0.717, 1.165) is 27.8 Å². The SMILES string of the molecule is c1ccc(-c2nc(-c3ccccc3)nc(-c3cccc(-c4cccc(-c5ccc6c(c5)sc5cc(C7(c8ccccc8)c8ccccc8-c8ccccc87)ccc56)c4)c3)n2)cc1. The molecule has 12 rings (SSSR count). The quantitative estimate of drug-likeness (QED) is 0.161. The lowest BCUT2D eigenvalue weighted by molar-refractivity contribution is 0.770. The zero-order valence-electron chi connectivity index (χ0n) is 33.6. The summed E-state index contributed by atoms with van der Waals surface area (Å²) in [7, 11) is 0. The number of nitrogens with zero attached hydrogens (tertiary/aromatic N) is 3. The van der Waals surface area contributed by atoms with Crippen molar-refractivity contribution in [3.8, 4) is 67.5 Å². The van der Waals surface area contributed by atoms with Crippen LogP contribution in [0.3, 0.4) is 0 Å². The molecule has 4 heteroatoms. The molecule has 1 aliphatic rings. The van der Waals surface area contributed by atoms with Crippen LogP contribution in [0.15, 0.2) is 224 Å². The lowest BCUT2D eigenvalue weighted by Gasteiger charge is -2.33. The monoisotopic (exact) mass is 807 g/mol. The molecule has 0 unspecified atom stereocenters. The van der Waals surface area contributed by atoms with Crippen molar-refractivity contribution in [2.24, 2.45) is 0 Å². The Bertz CT molecular complexity index is 3360. The maximum atomic E-state index is 4.99. The van der Waals surface area contributed by atoms with Crippen molar-refractivity contribution < 1.29 is 0 Å². The van der Waals surface area contributed by atoms with Crippen LogP contribution in [0.5, 0.6) is 0 Å². The highest BCUT2D eigenvalue weighted by molar-refractivity contribution is 7.25. The molecule has 2 aromatic heterocycles. The van der Waals surface area contributed by atoms with Crippen LogP contribution in [-0.4, -0.2) is 15.0 Å². The first-order valence-electron chi connectivity index (χ1n) is 21.0. The minimum atomic E-state index is -0.417. The summed E-state index contributed by atoms with van der Waals surface area (Å²) < 4.78 is 2.57. The molecule has 0 amide bonds. The van der Waals surface area contributed by atoms with E-state index in [1.807, 2.05) is 72.0 Å². The molecule has 0 fully saturated rings. The minimum Gasteiger partial charge on any atom is -0.208 e. The zero-order chi connectivity index (χ0) is 41.0. The second-order valence-electron chi connectivity index (χ2n) is 15.9. The van der Waals surface area contributed by atoms with Crippen molar-refractivity contribution in [3.05, 3.63) is 247 Å². The predicted octanol–water partition coefficient (Wildman–Crippen LogP) is 14.9. The molecule has 0 atom stereocenters. The fourth-order valence-electron chi connectivity index (χ4n) is 9.56. The van der Waals surface area contributed by atoms with Gasteiger partial charge in [-0.25, -0.2) is 15.0 Å². The average molecular weight is 808 g/mol. The first-order chi connectivity index (χ1) is 30.7. The predicted molar refractivity (Wildman–Crippen MR) is 257 cm³/mol. The normalized spacial score (nSPS) is 12.6. The molecule has 9 aromatic carbocycles. The van der Waals surface area contributed by atoms with E-state index < -0.39 is 5.41 Å². The number of hydrogen-bond donors (Lipinski definition) is 0. The molecule has 0 saturated heterocycles. The molecule has 3 nitrogen and oxygen atoms in total. The smallest absolute Gasteiger partial charge is 0.164 e. The molecule has 2 heterocycles. The summed E-state index contributed by atoms with van der Waals surface area (Å²) in [6.07, 6.45) is 0. The van der Waals surface area contributed by atoms with Gasteiger partial charge in [0.25, 0.3) is 0 Å². The first-order valence-corrected chi connectivity index (χ1v) is 21.8. The third-order valence-corrected chi connectivity index (χ3v) is 13.5. The molecule has 0 spiro atoms. The third kappa shape index (κ3) is 5.91. The molecule has 0 N–H and O–H groups in total. The Kier molecular flexibility index (Phi) is 8.58. The summed E-state index contributed by atoms with van der Waals surface area (Å²) in [5, 5.41) is 2.57. The molecular formula is C58H37N3S. The Morgan fingerprint density at radius 3 is 1.29 bits per heavy atom. The van der Waals surface area contributed by atoms with Gasteiger partial charge in [0.2, 0.25) is 0 Å². The van der Waals surface area contributed by atoms with Crippen molar-refractivity contribution in [2.45, 2.75) is 5.41 Å². The number of rotatable bonds is 7. The van der Waals surface area contributed by atoms with Gasteiger partial charge in [0.05, 0.1) is 5.41 Å². The van der Waals surface area contributed by atoms with Crippen LogP contribution in [-0.2, 0) is 5.41 Å². The molecular weight excluding hydrogens is 771 g/mol. The molecule has 1 aliphatic carbocycles. The van der Waals surface area contributed by atoms with Gasteiger partial charge in [0, 0.05) is 36.9 Å². The second kappa shape index (κ2) is 14.7. The van der Waals surface area contributed by atoms with E-state index in [2.05, 4.69) is 164 Å². The van der Waals surface area contributed by atoms with Crippen LogP contribution in [0, 0.1) is 0 Å². The van der Waals surface area contributed by atoms with Gasteiger partial charge in [0.15, 0.2) is 17.5 Å². The molecule has 0 aliphatic heterocycles. The molecule has 62 heavy (non-hydrogen) atoms. The standard InChI is InChI=1S/C58H37N3S/c1-4-16-38(17-5-1)55-59-56(39-18-6-2-7-19-39)61-57(60-55)44-23-15-22-42(35-44)40-20-14-21-41(34-40)43-30-32-49-50-33-31-46(37-54(50)62-53(49)36-43)58(45-24-8-3-9-25-45)51-28-12-10-26-47(51)48-27-11-13-29-52(48)58/h1-37H. The van der Waals surface area contributed by atoms with Crippen molar-refractivity contribution in [1.82, 2.24) is 15.0 Å². The highest BCUT2D eigenvalue weighted by Crippen LogP contribution is 2.56. The molecule has 290 valence electrons. The van der Waals surface area contributed by atoms with Gasteiger partial charge in [-0.2, -0.15) is 0 Å². The van der Waals surface area contributed by atoms with E-state index in [0.29, 0.717) is 17.5 Å². The first kappa shape index (κ1) is 36.1. The van der Waals surface area contributed by atoms with Gasteiger partial charge in [-0.1, -0.05) is 200 Å². The van der Waals surface area contributed by atoms with Gasteiger partial charge in [-0.3, -0.25) is 0 Å². The van der Waals surface area contributed by atoms with Gasteiger partial charge >= 0.3 is 0 Å². The summed E-state index contributed by atoms with van der Waals surface area (Å²) in [5.74, 6) is 1.95. The highest BCUT2D eigenvalue weighted by atomic mass is 32.1. The van der Waals surface area contributed by atoms with Gasteiger partial charge in [0.1, 0.15) is 0 Å². The Balaban J connectivity index is 0.922.